The smallest absolute Gasteiger partial charge is 0.338 e. The minimum atomic E-state index is -0.591. The van der Waals surface area contributed by atoms with Gasteiger partial charge in [-0.2, -0.15) is 5.26 Å². The van der Waals surface area contributed by atoms with Gasteiger partial charge in [-0.25, -0.2) is 4.79 Å². The summed E-state index contributed by atoms with van der Waals surface area (Å²) >= 11 is 0. The summed E-state index contributed by atoms with van der Waals surface area (Å²) < 4.78 is 10.6. The lowest BCUT2D eigenvalue weighted by Gasteiger charge is -2.27. The van der Waals surface area contributed by atoms with Crippen molar-refractivity contribution in [1.29, 1.82) is 5.26 Å². The molecule has 0 aromatic heterocycles. The van der Waals surface area contributed by atoms with Gasteiger partial charge in [0.2, 0.25) is 5.88 Å². The Kier molecular flexibility index (Phi) is 5.22. The third-order valence-electron chi connectivity index (χ3n) is 4.21. The van der Waals surface area contributed by atoms with Crippen molar-refractivity contribution in [3.8, 4) is 6.07 Å². The Bertz CT molecular complexity index is 775. The molecule has 1 aromatic carbocycles. The van der Waals surface area contributed by atoms with Crippen LogP contribution in [-0.4, -0.2) is 12.6 Å². The highest BCUT2D eigenvalue weighted by Crippen LogP contribution is 2.40. The number of carbonyl (C=O) groups excluding carboxylic acids is 1. The number of benzene rings is 1. The number of nitrogens with zero attached hydrogens (tertiary/aromatic N) is 1. The fourth-order valence-corrected chi connectivity index (χ4v) is 2.86. The number of rotatable bonds is 3. The molecule has 0 spiro atoms. The minimum Gasteiger partial charge on any atom is -0.463 e. The number of nitrogens with two attached hydrogens (primary N) is 1. The molecular weight excluding hydrogens is 316 g/mol. The molecule has 2 rings (SSSR count). The van der Waals surface area contributed by atoms with Gasteiger partial charge in [-0.05, 0) is 30.4 Å². The lowest BCUT2D eigenvalue weighted by molar-refractivity contribution is -0.139. The molecule has 0 saturated heterocycles. The van der Waals surface area contributed by atoms with Gasteiger partial charge < -0.3 is 15.2 Å². The molecule has 0 saturated carbocycles. The first-order chi connectivity index (χ1) is 11.7. The highest BCUT2D eigenvalue weighted by molar-refractivity contribution is 5.92. The maximum atomic E-state index is 12.5. The molecule has 0 radical (unpaired) electrons. The van der Waals surface area contributed by atoms with Crippen LogP contribution in [0, 0.1) is 11.3 Å². The molecule has 0 fully saturated rings. The molecule has 0 bridgehead atoms. The summed E-state index contributed by atoms with van der Waals surface area (Å²) in [7, 11) is 0. The van der Waals surface area contributed by atoms with E-state index in [1.165, 1.54) is 0 Å². The van der Waals surface area contributed by atoms with Crippen LogP contribution < -0.4 is 5.73 Å². The Morgan fingerprint density at radius 3 is 2.40 bits per heavy atom. The molecule has 132 valence electrons. The molecule has 25 heavy (non-hydrogen) atoms. The van der Waals surface area contributed by atoms with Crippen molar-refractivity contribution in [1.82, 2.24) is 0 Å². The van der Waals surface area contributed by atoms with E-state index in [0.717, 1.165) is 11.1 Å². The highest BCUT2D eigenvalue weighted by atomic mass is 16.5. The zero-order chi connectivity index (χ0) is 18.8. The molecule has 1 aliphatic rings. The number of hydrogen-bond donors (Lipinski definition) is 1. The minimum absolute atomic E-state index is 0.0108. The number of carbonyl (C=O) groups is 1. The second kappa shape index (κ2) is 7.02. The van der Waals surface area contributed by atoms with Crippen LogP contribution >= 0.6 is 0 Å². The molecule has 2 N–H and O–H groups in total. The summed E-state index contributed by atoms with van der Waals surface area (Å²) in [6, 6.07) is 9.95. The monoisotopic (exact) mass is 340 g/mol. The molecule has 0 aliphatic carbocycles. The predicted molar refractivity (Wildman–Crippen MR) is 95.1 cm³/mol. The van der Waals surface area contributed by atoms with Crippen molar-refractivity contribution in [2.24, 2.45) is 5.73 Å². The number of allylic oxidation sites excluding steroid dienone is 2. The fourth-order valence-electron chi connectivity index (χ4n) is 2.86. The standard InChI is InChI=1S/C20H24N2O3/c1-6-24-19(23)16-12(2)25-18(22)15(11-21)17(16)13-7-9-14(10-8-13)20(3,4)5/h7-10,17H,6,22H2,1-5H3. The molecule has 1 heterocycles. The Hall–Kier alpha value is -2.74. The van der Waals surface area contributed by atoms with E-state index in [9.17, 15) is 10.1 Å². The third-order valence-corrected chi connectivity index (χ3v) is 4.21. The van der Waals surface area contributed by atoms with E-state index >= 15 is 0 Å². The van der Waals surface area contributed by atoms with Gasteiger partial charge in [0.15, 0.2) is 0 Å². The molecule has 1 atom stereocenters. The van der Waals surface area contributed by atoms with E-state index in [0.29, 0.717) is 11.3 Å². The summed E-state index contributed by atoms with van der Waals surface area (Å²) in [5, 5.41) is 9.55. The lowest BCUT2D eigenvalue weighted by atomic mass is 9.81. The molecule has 1 aromatic rings. The van der Waals surface area contributed by atoms with E-state index in [-0.39, 0.29) is 23.5 Å². The fraction of sp³-hybridized carbons (Fsp3) is 0.400. The van der Waals surface area contributed by atoms with Crippen molar-refractivity contribution < 1.29 is 14.3 Å². The van der Waals surface area contributed by atoms with Gasteiger partial charge in [-0.1, -0.05) is 45.0 Å². The summed E-state index contributed by atoms with van der Waals surface area (Å²) in [5.41, 5.74) is 8.41. The topological polar surface area (TPSA) is 85.3 Å². The summed E-state index contributed by atoms with van der Waals surface area (Å²) in [5.74, 6) is -0.699. The van der Waals surface area contributed by atoms with Crippen molar-refractivity contribution in [3.63, 3.8) is 0 Å². The first-order valence-corrected chi connectivity index (χ1v) is 8.26. The van der Waals surface area contributed by atoms with Crippen LogP contribution in [0.4, 0.5) is 0 Å². The molecule has 5 nitrogen and oxygen atoms in total. The van der Waals surface area contributed by atoms with E-state index in [4.69, 9.17) is 15.2 Å². The van der Waals surface area contributed by atoms with Gasteiger partial charge in [-0.3, -0.25) is 0 Å². The Morgan fingerprint density at radius 2 is 1.92 bits per heavy atom. The average Bonchev–Trinajstić information content (AvgIpc) is 2.53. The first-order valence-electron chi connectivity index (χ1n) is 8.26. The Labute approximate surface area is 148 Å². The number of hydrogen-bond acceptors (Lipinski definition) is 5. The van der Waals surface area contributed by atoms with Crippen LogP contribution in [0.15, 0.2) is 47.1 Å². The predicted octanol–water partition coefficient (Wildman–Crippen LogP) is 3.63. The summed E-state index contributed by atoms with van der Waals surface area (Å²) in [6.07, 6.45) is 0. The van der Waals surface area contributed by atoms with Gasteiger partial charge in [0.05, 0.1) is 18.1 Å². The summed E-state index contributed by atoms with van der Waals surface area (Å²) in [6.45, 7) is 10.0. The lowest BCUT2D eigenvalue weighted by Crippen LogP contribution is -2.25. The van der Waals surface area contributed by atoms with Crippen LogP contribution in [0.25, 0.3) is 0 Å². The van der Waals surface area contributed by atoms with Crippen LogP contribution in [0.5, 0.6) is 0 Å². The van der Waals surface area contributed by atoms with Gasteiger partial charge in [0, 0.05) is 0 Å². The Morgan fingerprint density at radius 1 is 1.32 bits per heavy atom. The van der Waals surface area contributed by atoms with E-state index < -0.39 is 11.9 Å². The SMILES string of the molecule is CCOC(=O)C1=C(C)OC(N)=C(C#N)C1c1ccc(C(C)(C)C)cc1. The second-order valence-electron chi connectivity index (χ2n) is 6.99. The highest BCUT2D eigenvalue weighted by Gasteiger charge is 2.36. The zero-order valence-electron chi connectivity index (χ0n) is 15.3. The quantitative estimate of drug-likeness (QED) is 0.849. The molecule has 1 unspecified atom stereocenters. The van der Waals surface area contributed by atoms with Crippen molar-refractivity contribution in [2.45, 2.75) is 46.0 Å². The first kappa shape index (κ1) is 18.6. The third kappa shape index (κ3) is 3.69. The number of nitriles is 1. The maximum absolute atomic E-state index is 12.5. The van der Waals surface area contributed by atoms with E-state index in [1.807, 2.05) is 24.3 Å². The van der Waals surface area contributed by atoms with Gasteiger partial charge >= 0.3 is 5.97 Å². The largest absolute Gasteiger partial charge is 0.463 e. The van der Waals surface area contributed by atoms with Crippen LogP contribution in [-0.2, 0) is 19.7 Å². The zero-order valence-corrected chi connectivity index (χ0v) is 15.3. The van der Waals surface area contributed by atoms with Crippen molar-refractivity contribution in [2.75, 3.05) is 6.61 Å². The average molecular weight is 340 g/mol. The second-order valence-corrected chi connectivity index (χ2v) is 6.99. The normalized spacial score (nSPS) is 17.8. The van der Waals surface area contributed by atoms with Crippen molar-refractivity contribution in [3.05, 3.63) is 58.2 Å². The van der Waals surface area contributed by atoms with Crippen LogP contribution in [0.3, 0.4) is 0 Å². The molecule has 0 amide bonds. The summed E-state index contributed by atoms with van der Waals surface area (Å²) in [4.78, 5) is 12.5. The van der Waals surface area contributed by atoms with Crippen LogP contribution in [0.1, 0.15) is 51.7 Å². The molecule has 5 heteroatoms. The Balaban J connectivity index is 2.57. The molecule has 1 aliphatic heterocycles. The van der Waals surface area contributed by atoms with Crippen LogP contribution in [0.2, 0.25) is 0 Å². The van der Waals surface area contributed by atoms with E-state index in [1.54, 1.807) is 13.8 Å². The van der Waals surface area contributed by atoms with Crippen molar-refractivity contribution >= 4 is 5.97 Å². The van der Waals surface area contributed by atoms with Gasteiger partial charge in [0.1, 0.15) is 17.4 Å². The van der Waals surface area contributed by atoms with Gasteiger partial charge in [-0.15, -0.1) is 0 Å². The van der Waals surface area contributed by atoms with Gasteiger partial charge in [0.25, 0.3) is 0 Å². The van der Waals surface area contributed by atoms with E-state index in [2.05, 4.69) is 26.8 Å². The molecular formula is C20H24N2O3. The number of ether oxygens (including phenoxy) is 2. The maximum Gasteiger partial charge on any atom is 0.338 e. The number of esters is 1.